The Morgan fingerprint density at radius 1 is 1.43 bits per heavy atom. The van der Waals surface area contributed by atoms with E-state index in [2.05, 4.69) is 0 Å². The number of hydrogen-bond donors (Lipinski definition) is 0. The van der Waals surface area contributed by atoms with Crippen LogP contribution in [0.25, 0.3) is 0 Å². The van der Waals surface area contributed by atoms with Crippen LogP contribution in [0.2, 0.25) is 0 Å². The fourth-order valence-corrected chi connectivity index (χ4v) is 3.41. The summed E-state index contributed by atoms with van der Waals surface area (Å²) in [5, 5.41) is 0. The maximum Gasteiger partial charge on any atom is 0.231 e. The summed E-state index contributed by atoms with van der Waals surface area (Å²) in [4.78, 5) is 0. The lowest BCUT2D eigenvalue weighted by Gasteiger charge is -2.27. The van der Waals surface area contributed by atoms with Gasteiger partial charge in [-0.3, -0.25) is 0 Å². The third kappa shape index (κ3) is 2.82. The highest BCUT2D eigenvalue weighted by molar-refractivity contribution is 7.91. The van der Waals surface area contributed by atoms with Crippen molar-refractivity contribution in [3.63, 3.8) is 0 Å². The highest BCUT2D eigenvalue weighted by atomic mass is 35.5. The zero-order valence-electron chi connectivity index (χ0n) is 8.28. The molecule has 0 amide bonds. The van der Waals surface area contributed by atoms with Crippen molar-refractivity contribution in [1.82, 2.24) is 4.31 Å². The highest BCUT2D eigenvalue weighted by Crippen LogP contribution is 2.18. The molecule has 0 bridgehead atoms. The van der Waals surface area contributed by atoms with Crippen LogP contribution in [0.4, 0.5) is 0 Å². The van der Waals surface area contributed by atoms with Crippen LogP contribution in [-0.2, 0) is 14.8 Å². The standard InChI is InChI=1S/C8H16ClNO3S/c1-2-3-8(9)14(11,12)10-4-6-13-7-5-10/h8H,2-7H2,1H3/t8-/m0/s1. The van der Waals surface area contributed by atoms with Crippen molar-refractivity contribution in [3.8, 4) is 0 Å². The van der Waals surface area contributed by atoms with E-state index in [1.807, 2.05) is 6.92 Å². The zero-order valence-corrected chi connectivity index (χ0v) is 9.85. The monoisotopic (exact) mass is 241 g/mol. The number of hydrogen-bond acceptors (Lipinski definition) is 3. The maximum absolute atomic E-state index is 11.8. The van der Waals surface area contributed by atoms with E-state index in [-0.39, 0.29) is 0 Å². The maximum atomic E-state index is 11.8. The first-order valence-corrected chi connectivity index (χ1v) is 6.73. The van der Waals surface area contributed by atoms with Crippen LogP contribution < -0.4 is 0 Å². The summed E-state index contributed by atoms with van der Waals surface area (Å²) >= 11 is 5.84. The molecule has 1 aliphatic rings. The van der Waals surface area contributed by atoms with E-state index in [9.17, 15) is 8.42 Å². The number of nitrogens with zero attached hydrogens (tertiary/aromatic N) is 1. The molecule has 0 aliphatic carbocycles. The van der Waals surface area contributed by atoms with Crippen molar-refractivity contribution in [3.05, 3.63) is 0 Å². The van der Waals surface area contributed by atoms with Gasteiger partial charge in [-0.05, 0) is 6.42 Å². The normalized spacial score (nSPS) is 22.1. The molecule has 1 saturated heterocycles. The van der Waals surface area contributed by atoms with Crippen LogP contribution >= 0.6 is 11.6 Å². The third-order valence-corrected chi connectivity index (χ3v) is 5.03. The summed E-state index contributed by atoms with van der Waals surface area (Å²) < 4.78 is 29.3. The van der Waals surface area contributed by atoms with Crippen molar-refractivity contribution < 1.29 is 13.2 Å². The van der Waals surface area contributed by atoms with Gasteiger partial charge in [0.15, 0.2) is 0 Å². The van der Waals surface area contributed by atoms with Crippen LogP contribution in [0.3, 0.4) is 0 Å². The minimum absolute atomic E-state index is 0.426. The number of rotatable bonds is 4. The number of ether oxygens (including phenoxy) is 1. The molecule has 0 aromatic rings. The van der Waals surface area contributed by atoms with E-state index in [1.165, 1.54) is 4.31 Å². The summed E-state index contributed by atoms with van der Waals surface area (Å²) in [6.07, 6.45) is 1.28. The van der Waals surface area contributed by atoms with Gasteiger partial charge in [0.2, 0.25) is 10.0 Å². The largest absolute Gasteiger partial charge is 0.379 e. The molecule has 4 nitrogen and oxygen atoms in total. The molecule has 1 aliphatic heterocycles. The molecule has 0 N–H and O–H groups in total. The molecule has 0 aromatic carbocycles. The minimum Gasteiger partial charge on any atom is -0.379 e. The molecule has 6 heteroatoms. The van der Waals surface area contributed by atoms with Gasteiger partial charge in [0, 0.05) is 13.1 Å². The summed E-state index contributed by atoms with van der Waals surface area (Å²) in [5.74, 6) is 0. The Labute approximate surface area is 90.2 Å². The second kappa shape index (κ2) is 5.30. The van der Waals surface area contributed by atoms with Gasteiger partial charge in [-0.2, -0.15) is 4.31 Å². The van der Waals surface area contributed by atoms with Gasteiger partial charge in [-0.25, -0.2) is 8.42 Å². The average Bonchev–Trinajstić information content (AvgIpc) is 2.19. The number of halogens is 1. The molecule has 0 saturated carbocycles. The lowest BCUT2D eigenvalue weighted by atomic mass is 10.4. The van der Waals surface area contributed by atoms with Gasteiger partial charge >= 0.3 is 0 Å². The fraction of sp³-hybridized carbons (Fsp3) is 1.00. The molecule has 1 atom stereocenters. The van der Waals surface area contributed by atoms with Gasteiger partial charge < -0.3 is 4.74 Å². The van der Waals surface area contributed by atoms with Crippen molar-refractivity contribution in [2.45, 2.75) is 24.5 Å². The Balaban J connectivity index is 2.62. The summed E-state index contributed by atoms with van der Waals surface area (Å²) in [5.41, 5.74) is 0. The molecule has 0 aromatic heterocycles. The Morgan fingerprint density at radius 3 is 2.50 bits per heavy atom. The van der Waals surface area contributed by atoms with Crippen molar-refractivity contribution in [2.75, 3.05) is 26.3 Å². The molecular weight excluding hydrogens is 226 g/mol. The van der Waals surface area contributed by atoms with E-state index in [0.29, 0.717) is 32.7 Å². The van der Waals surface area contributed by atoms with Crippen LogP contribution in [-0.4, -0.2) is 43.7 Å². The second-order valence-electron chi connectivity index (χ2n) is 3.26. The van der Waals surface area contributed by atoms with Crippen LogP contribution in [0.15, 0.2) is 0 Å². The Hall–Kier alpha value is 0.160. The topological polar surface area (TPSA) is 46.6 Å². The number of morpholine rings is 1. The molecule has 0 spiro atoms. The predicted octanol–water partition coefficient (Wildman–Crippen LogP) is 1.01. The molecule has 14 heavy (non-hydrogen) atoms. The van der Waals surface area contributed by atoms with E-state index in [1.54, 1.807) is 0 Å². The Morgan fingerprint density at radius 2 is 2.00 bits per heavy atom. The van der Waals surface area contributed by atoms with Crippen LogP contribution in [0.5, 0.6) is 0 Å². The first-order chi connectivity index (χ1) is 6.59. The lowest BCUT2D eigenvalue weighted by molar-refractivity contribution is 0.0729. The fourth-order valence-electron chi connectivity index (χ4n) is 1.34. The molecule has 0 unspecified atom stereocenters. The summed E-state index contributed by atoms with van der Waals surface area (Å²) in [6, 6.07) is 0. The predicted molar refractivity (Wildman–Crippen MR) is 55.9 cm³/mol. The average molecular weight is 242 g/mol. The number of alkyl halides is 1. The minimum atomic E-state index is -3.31. The van der Waals surface area contributed by atoms with E-state index < -0.39 is 14.7 Å². The molecule has 0 radical (unpaired) electrons. The first kappa shape index (κ1) is 12.2. The molecule has 1 fully saturated rings. The van der Waals surface area contributed by atoms with Gasteiger partial charge in [-0.15, -0.1) is 11.6 Å². The van der Waals surface area contributed by atoms with Gasteiger partial charge in [0.25, 0.3) is 0 Å². The van der Waals surface area contributed by atoms with E-state index >= 15 is 0 Å². The third-order valence-electron chi connectivity index (χ3n) is 2.17. The molecule has 84 valence electrons. The second-order valence-corrected chi connectivity index (χ2v) is 6.16. The quantitative estimate of drug-likeness (QED) is 0.691. The first-order valence-electron chi connectivity index (χ1n) is 4.79. The van der Waals surface area contributed by atoms with Crippen molar-refractivity contribution in [2.24, 2.45) is 0 Å². The smallest absolute Gasteiger partial charge is 0.231 e. The van der Waals surface area contributed by atoms with E-state index in [0.717, 1.165) is 6.42 Å². The Kier molecular flexibility index (Phi) is 4.63. The van der Waals surface area contributed by atoms with Gasteiger partial charge in [0.05, 0.1) is 13.2 Å². The molecule has 1 heterocycles. The molecular formula is C8H16ClNO3S. The van der Waals surface area contributed by atoms with Crippen LogP contribution in [0.1, 0.15) is 19.8 Å². The summed E-state index contributed by atoms with van der Waals surface area (Å²) in [7, 11) is -3.31. The van der Waals surface area contributed by atoms with Gasteiger partial charge in [0.1, 0.15) is 4.71 Å². The zero-order chi connectivity index (χ0) is 10.6. The highest BCUT2D eigenvalue weighted by Gasteiger charge is 2.30. The van der Waals surface area contributed by atoms with Crippen molar-refractivity contribution >= 4 is 21.6 Å². The molecule has 1 rings (SSSR count). The SMILES string of the molecule is CCC[C@@H](Cl)S(=O)(=O)N1CCOCC1. The van der Waals surface area contributed by atoms with E-state index in [4.69, 9.17) is 16.3 Å². The Bertz CT molecular complexity index is 262. The lowest BCUT2D eigenvalue weighted by Crippen LogP contribution is -2.43. The van der Waals surface area contributed by atoms with Crippen molar-refractivity contribution in [1.29, 1.82) is 0 Å². The number of sulfonamides is 1. The van der Waals surface area contributed by atoms with Crippen LogP contribution in [0, 0.1) is 0 Å². The summed E-state index contributed by atoms with van der Waals surface area (Å²) in [6.45, 7) is 3.71. The van der Waals surface area contributed by atoms with Gasteiger partial charge in [-0.1, -0.05) is 13.3 Å².